The molecule has 0 saturated carbocycles. The second-order valence-electron chi connectivity index (χ2n) is 7.05. The van der Waals surface area contributed by atoms with Crippen LogP contribution in [0.2, 0.25) is 0 Å². The first kappa shape index (κ1) is 21.5. The summed E-state index contributed by atoms with van der Waals surface area (Å²) in [5, 5.41) is 32.2. The number of amides is 1. The minimum absolute atomic E-state index is 0.0816. The van der Waals surface area contributed by atoms with Gasteiger partial charge in [-0.25, -0.2) is 4.79 Å². The van der Waals surface area contributed by atoms with Crippen LogP contribution in [0.1, 0.15) is 42.1 Å². The zero-order valence-corrected chi connectivity index (χ0v) is 16.6. The number of hydrogen-bond donors (Lipinski definition) is 3. The molecule has 1 fully saturated rings. The van der Waals surface area contributed by atoms with Crippen molar-refractivity contribution < 1.29 is 43.0 Å². The van der Waals surface area contributed by atoms with Gasteiger partial charge in [-0.2, -0.15) is 0 Å². The normalized spacial score (nSPS) is 20.2. The smallest absolute Gasteiger partial charge is 0.328 e. The number of carbonyl (C=O) groups is 3. The lowest BCUT2D eigenvalue weighted by Gasteiger charge is -2.48. The molecule has 4 atom stereocenters. The number of nitrogens with zero attached hydrogens (tertiary/aromatic N) is 2. The summed E-state index contributed by atoms with van der Waals surface area (Å²) >= 11 is -3.07. The average molecular weight is 437 g/mol. The molecule has 11 nitrogen and oxygen atoms in total. The third kappa shape index (κ3) is 3.33. The van der Waals surface area contributed by atoms with Crippen LogP contribution in [0, 0.1) is 0 Å². The molecule has 2 aromatic rings. The van der Waals surface area contributed by atoms with Crippen molar-refractivity contribution >= 4 is 28.7 Å². The van der Waals surface area contributed by atoms with E-state index in [9.17, 15) is 38.5 Å². The van der Waals surface area contributed by atoms with Crippen molar-refractivity contribution in [3.05, 3.63) is 41.3 Å². The van der Waals surface area contributed by atoms with Crippen LogP contribution in [-0.4, -0.2) is 63.9 Å². The second-order valence-corrected chi connectivity index (χ2v) is 8.36. The molecule has 0 spiro atoms. The van der Waals surface area contributed by atoms with Crippen molar-refractivity contribution in [1.29, 1.82) is 0 Å². The minimum Gasteiger partial charge on any atom is -0.772 e. The molecule has 0 bridgehead atoms. The largest absolute Gasteiger partial charge is 0.772 e. The fourth-order valence-corrected chi connectivity index (χ4v) is 4.01. The van der Waals surface area contributed by atoms with Gasteiger partial charge in [0.05, 0.1) is 0 Å². The van der Waals surface area contributed by atoms with Crippen LogP contribution in [0.3, 0.4) is 0 Å². The number of carbonyl (C=O) groups excluding carboxylic acids is 2. The van der Waals surface area contributed by atoms with Gasteiger partial charge in [0, 0.05) is 24.1 Å². The predicted molar refractivity (Wildman–Crippen MR) is 98.3 cm³/mol. The molecule has 160 valence electrons. The highest BCUT2D eigenvalue weighted by Gasteiger charge is 2.54. The monoisotopic (exact) mass is 437 g/mol. The van der Waals surface area contributed by atoms with E-state index in [4.69, 9.17) is 4.52 Å². The third-order valence-corrected chi connectivity index (χ3v) is 6.22. The van der Waals surface area contributed by atoms with E-state index >= 15 is 0 Å². The van der Waals surface area contributed by atoms with Crippen molar-refractivity contribution in [3.8, 4) is 11.5 Å². The maximum atomic E-state index is 12.6. The highest BCUT2D eigenvalue weighted by Crippen LogP contribution is 2.38. The van der Waals surface area contributed by atoms with Crippen LogP contribution in [0.25, 0.3) is 0 Å². The number of likely N-dealkylation sites (tertiary alicyclic amines) is 1. The zero-order chi connectivity index (χ0) is 22.4. The number of phenolic OH excluding ortho intramolecular Hbond substituents is 2. The molecule has 1 aromatic heterocycles. The number of ketones is 1. The third-order valence-electron chi connectivity index (χ3n) is 5.09. The van der Waals surface area contributed by atoms with Gasteiger partial charge in [0.15, 0.2) is 17.5 Å². The van der Waals surface area contributed by atoms with Crippen molar-refractivity contribution in [2.75, 3.05) is 0 Å². The van der Waals surface area contributed by atoms with E-state index in [0.29, 0.717) is 0 Å². The first-order chi connectivity index (χ1) is 14.0. The van der Waals surface area contributed by atoms with Gasteiger partial charge in [-0.15, -0.1) is 0 Å². The van der Waals surface area contributed by atoms with Crippen LogP contribution < -0.4 is 0 Å². The van der Waals surface area contributed by atoms with Gasteiger partial charge in [0.1, 0.15) is 10.4 Å². The van der Waals surface area contributed by atoms with Gasteiger partial charge >= 0.3 is 5.97 Å². The van der Waals surface area contributed by atoms with Gasteiger partial charge in [-0.3, -0.25) is 13.8 Å². The number of phenols is 2. The van der Waals surface area contributed by atoms with Crippen LogP contribution in [0.5, 0.6) is 11.5 Å². The average Bonchev–Trinajstić information content (AvgIpc) is 3.17. The molecule has 1 aliphatic heterocycles. The van der Waals surface area contributed by atoms with E-state index in [2.05, 4.69) is 5.16 Å². The number of hydrogen-bond acceptors (Lipinski definition) is 9. The van der Waals surface area contributed by atoms with Gasteiger partial charge in [0.25, 0.3) is 0 Å². The van der Waals surface area contributed by atoms with Crippen LogP contribution >= 0.6 is 0 Å². The Labute approximate surface area is 172 Å². The highest BCUT2D eigenvalue weighted by molar-refractivity contribution is 7.80. The van der Waals surface area contributed by atoms with E-state index < -0.39 is 62.8 Å². The van der Waals surface area contributed by atoms with E-state index in [1.165, 1.54) is 6.07 Å². The fourth-order valence-electron chi connectivity index (χ4n) is 3.35. The summed E-state index contributed by atoms with van der Waals surface area (Å²) in [7, 11) is 0. The van der Waals surface area contributed by atoms with E-state index in [0.717, 1.165) is 30.0 Å². The minimum atomic E-state index is -3.07. The standard InChI is InChI=1S/C18H18N2O9S/c1-8-5-14(23)20(8)16(17(25)26)18(2,30(27)28)13-7-12(29-19-13)15(24)9-3-4-10(21)11(22)6-9/h3-4,6-8,16,21-22H,5H2,1-2H3,(H,25,26)(H,27,28)/p-1/t8-,16+,18+/m1/s1. The van der Waals surface area contributed by atoms with Gasteiger partial charge < -0.3 is 29.3 Å². The maximum absolute atomic E-state index is 12.6. The zero-order valence-electron chi connectivity index (χ0n) is 15.8. The Balaban J connectivity index is 2.03. The summed E-state index contributed by atoms with van der Waals surface area (Å²) in [6.45, 7) is 2.66. The summed E-state index contributed by atoms with van der Waals surface area (Å²) in [6, 6.07) is 1.95. The molecule has 2 heterocycles. The van der Waals surface area contributed by atoms with Gasteiger partial charge in [0.2, 0.25) is 17.5 Å². The molecule has 1 saturated heterocycles. The summed E-state index contributed by atoms with van der Waals surface area (Å²) in [6.07, 6.45) is 0.0816. The van der Waals surface area contributed by atoms with Crippen LogP contribution in [0.4, 0.5) is 0 Å². The Hall–Kier alpha value is -3.25. The van der Waals surface area contributed by atoms with Crippen molar-refractivity contribution in [1.82, 2.24) is 10.1 Å². The van der Waals surface area contributed by atoms with E-state index in [1.807, 2.05) is 0 Å². The molecule has 1 aromatic carbocycles. The number of aliphatic carboxylic acids is 1. The summed E-state index contributed by atoms with van der Waals surface area (Å²) in [5.41, 5.74) is -0.458. The number of aromatic hydroxyl groups is 2. The second kappa shape index (κ2) is 7.54. The molecule has 3 N–H and O–H groups in total. The topological polar surface area (TPSA) is 181 Å². The maximum Gasteiger partial charge on any atom is 0.328 e. The molecule has 12 heteroatoms. The Morgan fingerprint density at radius 3 is 2.50 bits per heavy atom. The Morgan fingerprint density at radius 2 is 2.00 bits per heavy atom. The molecule has 1 unspecified atom stereocenters. The summed E-state index contributed by atoms with van der Waals surface area (Å²) in [5.74, 6) is -4.28. The number of aromatic nitrogens is 1. The SMILES string of the molecule is C[C@@H]1CC(=O)N1[C@@H](C(=O)O)[C@](C)(c1cc(C(=O)c2ccc(O)c(O)c2)on1)S(=O)[O-]. The quantitative estimate of drug-likeness (QED) is 0.238. The Bertz CT molecular complexity index is 1070. The first-order valence-corrected chi connectivity index (χ1v) is 9.73. The van der Waals surface area contributed by atoms with E-state index in [-0.39, 0.29) is 17.7 Å². The van der Waals surface area contributed by atoms with Crippen molar-refractivity contribution in [2.24, 2.45) is 0 Å². The molecule has 30 heavy (non-hydrogen) atoms. The number of carboxylic acids is 1. The highest BCUT2D eigenvalue weighted by atomic mass is 32.2. The number of β-lactam (4-membered cyclic amide) rings is 1. The lowest BCUT2D eigenvalue weighted by atomic mass is 9.89. The number of rotatable bonds is 7. The lowest BCUT2D eigenvalue weighted by Crippen LogP contribution is -2.65. The molecular formula is C18H17N2O9S-. The Kier molecular flexibility index (Phi) is 5.39. The number of carboxylic acid groups (broad SMARTS) is 1. The van der Waals surface area contributed by atoms with Crippen molar-refractivity contribution in [2.45, 2.75) is 37.1 Å². The summed E-state index contributed by atoms with van der Waals surface area (Å²) in [4.78, 5) is 37.4. The Morgan fingerprint density at radius 1 is 1.33 bits per heavy atom. The molecule has 0 aliphatic carbocycles. The van der Waals surface area contributed by atoms with Gasteiger partial charge in [-0.05, 0) is 43.1 Å². The molecule has 1 amide bonds. The van der Waals surface area contributed by atoms with E-state index in [1.54, 1.807) is 6.92 Å². The lowest BCUT2D eigenvalue weighted by molar-refractivity contribution is -0.163. The molecule has 0 radical (unpaired) electrons. The molecular weight excluding hydrogens is 420 g/mol. The van der Waals surface area contributed by atoms with Gasteiger partial charge in [-0.1, -0.05) is 5.16 Å². The predicted octanol–water partition coefficient (Wildman–Crippen LogP) is 0.485. The fraction of sp³-hybridized carbons (Fsp3) is 0.333. The van der Waals surface area contributed by atoms with Crippen LogP contribution in [0.15, 0.2) is 28.8 Å². The molecule has 3 rings (SSSR count). The van der Waals surface area contributed by atoms with Crippen LogP contribution in [-0.2, 0) is 25.4 Å². The van der Waals surface area contributed by atoms with Crippen molar-refractivity contribution in [3.63, 3.8) is 0 Å². The number of benzene rings is 1. The first-order valence-electron chi connectivity index (χ1n) is 8.65. The summed E-state index contributed by atoms with van der Waals surface area (Å²) < 4.78 is 27.0. The molecule has 1 aliphatic rings.